The highest BCUT2D eigenvalue weighted by Crippen LogP contribution is 2.45. The number of piperazine rings is 1. The topological polar surface area (TPSA) is 97.8 Å². The van der Waals surface area contributed by atoms with Crippen LogP contribution in [0.5, 0.6) is 5.75 Å². The summed E-state index contributed by atoms with van der Waals surface area (Å²) in [6.45, 7) is 5.39. The smallest absolute Gasteiger partial charge is 0.320 e. The zero-order valence-corrected chi connectivity index (χ0v) is 19.1. The lowest BCUT2D eigenvalue weighted by atomic mass is 9.98. The molecule has 2 aliphatic heterocycles. The molecular formula is C24H20ClF2N5O3. The Labute approximate surface area is 203 Å². The van der Waals surface area contributed by atoms with Gasteiger partial charge < -0.3 is 20.2 Å². The number of carbonyl (C=O) groups excluding carboxylic acids is 2. The predicted molar refractivity (Wildman–Crippen MR) is 129 cm³/mol. The minimum absolute atomic E-state index is 0.105. The second-order valence-corrected chi connectivity index (χ2v) is 8.60. The van der Waals surface area contributed by atoms with Crippen molar-refractivity contribution in [2.24, 2.45) is 0 Å². The van der Waals surface area contributed by atoms with Gasteiger partial charge in [0.15, 0.2) is 5.82 Å². The van der Waals surface area contributed by atoms with Gasteiger partial charge in [-0.15, -0.1) is 0 Å². The molecule has 5 rings (SSSR count). The minimum Gasteiger partial charge on any atom is -0.507 e. The highest BCUT2D eigenvalue weighted by atomic mass is 35.5. The molecule has 0 unspecified atom stereocenters. The van der Waals surface area contributed by atoms with Gasteiger partial charge in [-0.2, -0.15) is 0 Å². The van der Waals surface area contributed by atoms with Gasteiger partial charge in [0.2, 0.25) is 5.91 Å². The van der Waals surface area contributed by atoms with Gasteiger partial charge in [-0.1, -0.05) is 24.2 Å². The number of hydrogen-bond donors (Lipinski definition) is 3. The molecule has 0 radical (unpaired) electrons. The lowest BCUT2D eigenvalue weighted by Crippen LogP contribution is -2.49. The summed E-state index contributed by atoms with van der Waals surface area (Å²) < 4.78 is 30.6. The molecule has 180 valence electrons. The average molecular weight is 500 g/mol. The molecule has 0 atom stereocenters. The number of pyridine rings is 1. The van der Waals surface area contributed by atoms with Gasteiger partial charge in [-0.25, -0.2) is 18.6 Å². The second kappa shape index (κ2) is 8.70. The Balaban J connectivity index is 1.72. The van der Waals surface area contributed by atoms with Crippen LogP contribution in [-0.4, -0.2) is 53.1 Å². The molecule has 0 saturated carbocycles. The summed E-state index contributed by atoms with van der Waals surface area (Å²) in [5.41, 5.74) is 0.411. The third-order valence-electron chi connectivity index (χ3n) is 6.22. The number of urea groups is 1. The van der Waals surface area contributed by atoms with Crippen LogP contribution in [0.15, 0.2) is 36.9 Å². The summed E-state index contributed by atoms with van der Waals surface area (Å²) in [7, 11) is 0. The highest BCUT2D eigenvalue weighted by molar-refractivity contribution is 6.34. The fourth-order valence-corrected chi connectivity index (χ4v) is 4.86. The average Bonchev–Trinajstić information content (AvgIpc) is 2.84. The third kappa shape index (κ3) is 3.79. The van der Waals surface area contributed by atoms with E-state index < -0.39 is 23.4 Å². The fourth-order valence-electron chi connectivity index (χ4n) is 4.57. The van der Waals surface area contributed by atoms with Crippen molar-refractivity contribution in [3.8, 4) is 16.9 Å². The van der Waals surface area contributed by atoms with Crippen molar-refractivity contribution in [2.45, 2.75) is 6.54 Å². The fraction of sp³-hybridized carbons (Fsp3) is 0.208. The summed E-state index contributed by atoms with van der Waals surface area (Å²) in [4.78, 5) is 32.0. The number of halogens is 3. The van der Waals surface area contributed by atoms with Gasteiger partial charge in [0.05, 0.1) is 22.8 Å². The third-order valence-corrected chi connectivity index (χ3v) is 6.52. The Kier molecular flexibility index (Phi) is 5.68. The number of hydrogen-bond acceptors (Lipinski definition) is 5. The van der Waals surface area contributed by atoms with Crippen LogP contribution in [0.2, 0.25) is 5.02 Å². The Bertz CT molecular complexity index is 1390. The monoisotopic (exact) mass is 499 g/mol. The maximum Gasteiger partial charge on any atom is 0.320 e. The molecule has 1 aromatic heterocycles. The molecule has 0 spiro atoms. The molecule has 0 aliphatic carbocycles. The maximum atomic E-state index is 16.0. The number of rotatable bonds is 3. The molecule has 11 heteroatoms. The van der Waals surface area contributed by atoms with E-state index in [0.29, 0.717) is 42.8 Å². The van der Waals surface area contributed by atoms with Crippen LogP contribution >= 0.6 is 11.6 Å². The van der Waals surface area contributed by atoms with Crippen molar-refractivity contribution >= 4 is 45.9 Å². The van der Waals surface area contributed by atoms with E-state index in [1.54, 1.807) is 4.90 Å². The molecule has 35 heavy (non-hydrogen) atoms. The molecule has 2 aliphatic rings. The Morgan fingerprint density at radius 2 is 1.94 bits per heavy atom. The van der Waals surface area contributed by atoms with Gasteiger partial charge in [-0.3, -0.25) is 10.1 Å². The van der Waals surface area contributed by atoms with Crippen LogP contribution in [0, 0.1) is 11.6 Å². The number of phenolic OH excluding ortho intramolecular Hbond substituents is 1. The first-order chi connectivity index (χ1) is 16.8. The minimum atomic E-state index is -0.926. The van der Waals surface area contributed by atoms with E-state index >= 15 is 4.39 Å². The van der Waals surface area contributed by atoms with E-state index in [1.165, 1.54) is 24.3 Å². The first kappa shape index (κ1) is 22.9. The van der Waals surface area contributed by atoms with E-state index in [1.807, 2.05) is 4.90 Å². The number of fused-ring (bicyclic) bond motifs is 2. The number of nitrogens with zero attached hydrogens (tertiary/aromatic N) is 3. The number of anilines is 2. The molecule has 3 heterocycles. The first-order valence-electron chi connectivity index (χ1n) is 10.8. The van der Waals surface area contributed by atoms with Crippen molar-refractivity contribution in [3.63, 3.8) is 0 Å². The lowest BCUT2D eigenvalue weighted by Gasteiger charge is -2.38. The summed E-state index contributed by atoms with van der Waals surface area (Å²) in [6, 6.07) is 4.63. The first-order valence-corrected chi connectivity index (χ1v) is 11.2. The van der Waals surface area contributed by atoms with E-state index in [0.717, 1.165) is 6.07 Å². The molecule has 1 fully saturated rings. The van der Waals surface area contributed by atoms with Crippen molar-refractivity contribution < 1.29 is 23.5 Å². The number of aromatic nitrogens is 1. The number of nitrogens with one attached hydrogen (secondary N) is 2. The van der Waals surface area contributed by atoms with E-state index in [-0.39, 0.29) is 39.9 Å². The molecule has 3 aromatic rings. The number of amides is 3. The quantitative estimate of drug-likeness (QED) is 0.473. The zero-order chi connectivity index (χ0) is 24.9. The normalized spacial score (nSPS) is 15.5. The lowest BCUT2D eigenvalue weighted by molar-refractivity contribution is -0.126. The van der Waals surface area contributed by atoms with Gasteiger partial charge >= 0.3 is 6.03 Å². The summed E-state index contributed by atoms with van der Waals surface area (Å²) in [5.74, 6) is -2.24. The van der Waals surface area contributed by atoms with Crippen LogP contribution < -0.4 is 15.5 Å². The molecule has 3 N–H and O–H groups in total. The van der Waals surface area contributed by atoms with Crippen molar-refractivity contribution in [1.82, 2.24) is 15.2 Å². The second-order valence-electron chi connectivity index (χ2n) is 8.19. The van der Waals surface area contributed by atoms with Gasteiger partial charge in [0.25, 0.3) is 0 Å². The number of carbonyl (C=O) groups is 2. The van der Waals surface area contributed by atoms with E-state index in [4.69, 9.17) is 11.6 Å². The summed E-state index contributed by atoms with van der Waals surface area (Å²) >= 11 is 6.47. The molecule has 8 nitrogen and oxygen atoms in total. The van der Waals surface area contributed by atoms with Crippen LogP contribution in [0.3, 0.4) is 0 Å². The van der Waals surface area contributed by atoms with Gasteiger partial charge in [0.1, 0.15) is 22.9 Å². The van der Waals surface area contributed by atoms with Crippen molar-refractivity contribution in [2.75, 3.05) is 36.4 Å². The van der Waals surface area contributed by atoms with Gasteiger partial charge in [-0.05, 0) is 24.3 Å². The maximum absolute atomic E-state index is 16.0. The van der Waals surface area contributed by atoms with E-state index in [2.05, 4.69) is 22.2 Å². The number of aromatic hydroxyl groups is 1. The van der Waals surface area contributed by atoms with E-state index in [9.17, 15) is 19.1 Å². The number of phenols is 1. The molecule has 2 aromatic carbocycles. The largest absolute Gasteiger partial charge is 0.507 e. The van der Waals surface area contributed by atoms with Crippen LogP contribution in [0.25, 0.3) is 22.0 Å². The Morgan fingerprint density at radius 3 is 2.63 bits per heavy atom. The van der Waals surface area contributed by atoms with Gasteiger partial charge in [0, 0.05) is 42.7 Å². The predicted octanol–water partition coefficient (Wildman–Crippen LogP) is 4.01. The van der Waals surface area contributed by atoms with Crippen LogP contribution in [-0.2, 0) is 11.3 Å². The molecule has 3 amide bonds. The van der Waals surface area contributed by atoms with Crippen molar-refractivity contribution in [3.05, 3.63) is 59.1 Å². The Morgan fingerprint density at radius 1 is 1.20 bits per heavy atom. The Hall–Kier alpha value is -3.92. The highest BCUT2D eigenvalue weighted by Gasteiger charge is 2.30. The molecular weight excluding hydrogens is 480 g/mol. The summed E-state index contributed by atoms with van der Waals surface area (Å²) in [6.07, 6.45) is 1.26. The van der Waals surface area contributed by atoms with Crippen LogP contribution in [0.1, 0.15) is 5.56 Å². The molecule has 1 saturated heterocycles. The zero-order valence-electron chi connectivity index (χ0n) is 18.4. The number of benzene rings is 2. The van der Waals surface area contributed by atoms with Crippen molar-refractivity contribution in [1.29, 1.82) is 0 Å². The SMILES string of the molecule is C=CC(=O)N1CCN(c2c3c(nc4c(F)c(-c5c(O)cccc5F)c(Cl)cc24)NC(=O)NC3)CC1. The standard InChI is InChI=1S/C24H20ClF2N5O3/c1-2-17(34)31-6-8-32(9-7-31)22-12-10-14(25)18(19-15(26)4-3-5-16(19)33)20(27)21(12)29-23-13(22)11-28-24(35)30-23/h2-5,10,33H,1,6-9,11H2,(H2,28,29,30,35). The molecule has 0 bridgehead atoms. The summed E-state index contributed by atoms with van der Waals surface area (Å²) in [5, 5.41) is 15.8. The van der Waals surface area contributed by atoms with Crippen LogP contribution in [0.4, 0.5) is 25.1 Å².